The van der Waals surface area contributed by atoms with Crippen LogP contribution in [0, 0.1) is 18.8 Å². The molecule has 0 saturated carbocycles. The lowest BCUT2D eigenvalue weighted by Crippen LogP contribution is -2.35. The van der Waals surface area contributed by atoms with Crippen molar-refractivity contribution in [2.24, 2.45) is 0 Å². The molecule has 2 unspecified atom stereocenters. The minimum atomic E-state index is -3.11. The third-order valence-electron chi connectivity index (χ3n) is 9.27. The van der Waals surface area contributed by atoms with Crippen molar-refractivity contribution < 1.29 is 27.8 Å². The molecule has 0 bridgehead atoms. The van der Waals surface area contributed by atoms with Crippen LogP contribution >= 0.6 is 11.6 Å². The number of ether oxygens (including phenoxy) is 2. The lowest BCUT2D eigenvalue weighted by atomic mass is 9.85. The molecule has 0 aliphatic heterocycles. The van der Waals surface area contributed by atoms with Crippen molar-refractivity contribution in [2.45, 2.75) is 147 Å². The number of amides is 1. The topological polar surface area (TPSA) is 59.1 Å². The Balaban J connectivity index is 0. The first-order chi connectivity index (χ1) is 29.1. The third kappa shape index (κ3) is 23.1. The van der Waals surface area contributed by atoms with Crippen LogP contribution in [0.15, 0.2) is 72.3 Å². The summed E-state index contributed by atoms with van der Waals surface area (Å²) in [6.45, 7) is 35.3. The maximum atomic E-state index is 13.7. The monoisotopic (exact) mass is 869 g/mol. The molecular weight excluding hydrogens is 790 g/mol. The molecular formula is C52H79ClF2N2O4. The van der Waals surface area contributed by atoms with Crippen LogP contribution < -0.4 is 4.74 Å². The molecule has 9 heteroatoms. The van der Waals surface area contributed by atoms with Crippen LogP contribution in [0.25, 0.3) is 5.70 Å². The van der Waals surface area contributed by atoms with E-state index < -0.39 is 5.92 Å². The highest BCUT2D eigenvalue weighted by Gasteiger charge is 2.34. The second-order valence-corrected chi connectivity index (χ2v) is 14.8. The van der Waals surface area contributed by atoms with Gasteiger partial charge in [0.25, 0.3) is 0 Å². The van der Waals surface area contributed by atoms with Crippen molar-refractivity contribution in [1.29, 1.82) is 0 Å². The van der Waals surface area contributed by atoms with E-state index >= 15 is 0 Å². The van der Waals surface area contributed by atoms with E-state index in [2.05, 4.69) is 76.6 Å². The SMILES string of the molecule is C=O.CC.CCCN(CC)CCC.CCCOCCC.CCOc1cc(C#CC(C)(F)F)ccc1C(=C(C)CC)N(C(C)=O)C(c1ccc(Cl)cc1)C(C)c1ccc(C)cc1. The van der Waals surface area contributed by atoms with Crippen LogP contribution in [-0.4, -0.2) is 67.9 Å². The van der Waals surface area contributed by atoms with Gasteiger partial charge >= 0.3 is 5.92 Å². The van der Waals surface area contributed by atoms with Crippen molar-refractivity contribution >= 4 is 30.0 Å². The summed E-state index contributed by atoms with van der Waals surface area (Å²) in [6.07, 6.45) is 5.53. The fourth-order valence-corrected chi connectivity index (χ4v) is 6.43. The molecule has 0 saturated heterocycles. The first-order valence-electron chi connectivity index (χ1n) is 22.2. The van der Waals surface area contributed by atoms with Gasteiger partial charge in [0.15, 0.2) is 0 Å². The Hall–Kier alpha value is -4.03. The lowest BCUT2D eigenvalue weighted by molar-refractivity contribution is -0.127. The number of carbonyl (C=O) groups is 2. The zero-order valence-electron chi connectivity index (χ0n) is 40.2. The van der Waals surface area contributed by atoms with Gasteiger partial charge < -0.3 is 24.1 Å². The second kappa shape index (κ2) is 34.5. The average molecular weight is 870 g/mol. The number of rotatable bonds is 18. The standard InChI is InChI=1S/C35H38ClF2NO2.C8H19N.C6H14O.C2H6.CH2O/c1-8-24(4)33(31-19-12-27(20-21-35(7,37)38)22-32(31)41-9-2)39(26(6)40)34(29-15-17-30(36)18-16-29)25(5)28-13-10-23(3)11-14-28;1-4-7-9(6-3)8-5-2;1-3-5-7-6-4-2;2*1-2/h10-19,22,25,34H,8-9H2,1-7H3;4-8H2,1-3H3;3-6H2,1-2H3;1-2H3;1H2. The summed E-state index contributed by atoms with van der Waals surface area (Å²) in [7, 11) is 0. The molecule has 0 spiro atoms. The third-order valence-corrected chi connectivity index (χ3v) is 9.52. The van der Waals surface area contributed by atoms with Gasteiger partial charge in [-0.25, -0.2) is 0 Å². The Morgan fingerprint density at radius 3 is 1.77 bits per heavy atom. The summed E-state index contributed by atoms with van der Waals surface area (Å²) in [5.41, 5.74) is 5.99. The molecule has 0 N–H and O–H groups in total. The van der Waals surface area contributed by atoms with Gasteiger partial charge in [-0.1, -0.05) is 122 Å². The van der Waals surface area contributed by atoms with Crippen molar-refractivity contribution in [3.63, 3.8) is 0 Å². The Morgan fingerprint density at radius 1 is 0.820 bits per heavy atom. The minimum Gasteiger partial charge on any atom is -0.493 e. The van der Waals surface area contributed by atoms with E-state index in [1.165, 1.54) is 32.5 Å². The number of alkyl halides is 2. The fourth-order valence-electron chi connectivity index (χ4n) is 6.30. The number of hydrogen-bond donors (Lipinski definition) is 0. The van der Waals surface area contributed by atoms with Gasteiger partial charge in [0.1, 0.15) is 12.5 Å². The van der Waals surface area contributed by atoms with E-state index in [0.717, 1.165) is 60.9 Å². The van der Waals surface area contributed by atoms with Gasteiger partial charge in [-0.05, 0) is 125 Å². The Labute approximate surface area is 375 Å². The zero-order valence-corrected chi connectivity index (χ0v) is 40.9. The van der Waals surface area contributed by atoms with E-state index in [1.54, 1.807) is 19.1 Å². The molecule has 3 rings (SSSR count). The highest BCUT2D eigenvalue weighted by molar-refractivity contribution is 6.30. The van der Waals surface area contributed by atoms with Crippen LogP contribution in [0.1, 0.15) is 162 Å². The molecule has 0 aliphatic carbocycles. The van der Waals surface area contributed by atoms with Gasteiger partial charge in [-0.3, -0.25) is 4.79 Å². The molecule has 0 heterocycles. The minimum absolute atomic E-state index is 0.0900. The van der Waals surface area contributed by atoms with E-state index in [0.29, 0.717) is 34.9 Å². The van der Waals surface area contributed by atoms with Crippen LogP contribution in [0.4, 0.5) is 8.78 Å². The van der Waals surface area contributed by atoms with Crippen molar-refractivity contribution in [3.05, 3.63) is 105 Å². The fraction of sp³-hybridized carbons (Fsp3) is 0.538. The van der Waals surface area contributed by atoms with Crippen LogP contribution in [0.3, 0.4) is 0 Å². The number of nitrogens with zero attached hydrogens (tertiary/aromatic N) is 2. The smallest absolute Gasteiger partial charge is 0.305 e. The molecule has 61 heavy (non-hydrogen) atoms. The maximum absolute atomic E-state index is 13.7. The molecule has 1 amide bonds. The summed E-state index contributed by atoms with van der Waals surface area (Å²) in [6, 6.07) is 20.7. The highest BCUT2D eigenvalue weighted by atomic mass is 35.5. The molecule has 0 aromatic heterocycles. The van der Waals surface area contributed by atoms with E-state index in [1.807, 2.05) is 89.5 Å². The summed E-state index contributed by atoms with van der Waals surface area (Å²) in [5.74, 6) is 1.68. The quantitative estimate of drug-likeness (QED) is 0.0941. The van der Waals surface area contributed by atoms with Crippen LogP contribution in [0.5, 0.6) is 5.75 Å². The number of carbonyl (C=O) groups excluding carboxylic acids is 2. The summed E-state index contributed by atoms with van der Waals surface area (Å²) in [4.78, 5) is 26.0. The number of hydrogen-bond acceptors (Lipinski definition) is 5. The van der Waals surface area contributed by atoms with Gasteiger partial charge in [-0.15, -0.1) is 0 Å². The first-order valence-corrected chi connectivity index (χ1v) is 22.6. The number of aryl methyl sites for hydroxylation is 1. The average Bonchev–Trinajstić information content (AvgIpc) is 3.25. The number of allylic oxidation sites excluding steroid dienone is 1. The predicted octanol–water partition coefficient (Wildman–Crippen LogP) is 14.4. The molecule has 3 aromatic rings. The Bertz CT molecular complexity index is 1690. The normalized spacial score (nSPS) is 11.8. The van der Waals surface area contributed by atoms with Gasteiger partial charge in [0.2, 0.25) is 5.91 Å². The zero-order chi connectivity index (χ0) is 47.0. The molecule has 2 atom stereocenters. The van der Waals surface area contributed by atoms with Crippen molar-refractivity contribution in [3.8, 4) is 17.6 Å². The molecule has 0 radical (unpaired) electrons. The molecule has 0 aliphatic rings. The first kappa shape index (κ1) is 59.1. The van der Waals surface area contributed by atoms with Gasteiger partial charge in [0, 0.05) is 49.1 Å². The maximum Gasteiger partial charge on any atom is 0.305 e. The summed E-state index contributed by atoms with van der Waals surface area (Å²) < 4.78 is 38.1. The largest absolute Gasteiger partial charge is 0.493 e. The summed E-state index contributed by atoms with van der Waals surface area (Å²) in [5, 5.41) is 0.610. The molecule has 3 aromatic carbocycles. The number of benzene rings is 3. The second-order valence-electron chi connectivity index (χ2n) is 14.4. The van der Waals surface area contributed by atoms with Crippen molar-refractivity contribution in [1.82, 2.24) is 9.80 Å². The van der Waals surface area contributed by atoms with Crippen molar-refractivity contribution in [2.75, 3.05) is 39.5 Å². The van der Waals surface area contributed by atoms with Crippen LogP contribution in [-0.2, 0) is 14.3 Å². The van der Waals surface area contributed by atoms with Gasteiger partial charge in [-0.2, -0.15) is 8.78 Å². The Kier molecular flexibility index (Phi) is 33.4. The predicted molar refractivity (Wildman–Crippen MR) is 257 cm³/mol. The lowest BCUT2D eigenvalue weighted by Gasteiger charge is -2.39. The molecule has 0 fully saturated rings. The molecule has 6 nitrogen and oxygen atoms in total. The van der Waals surface area contributed by atoms with Crippen LogP contribution in [0.2, 0.25) is 5.02 Å². The van der Waals surface area contributed by atoms with Gasteiger partial charge in [0.05, 0.1) is 18.3 Å². The highest BCUT2D eigenvalue weighted by Crippen LogP contribution is 2.44. The van der Waals surface area contributed by atoms with E-state index in [9.17, 15) is 13.6 Å². The van der Waals surface area contributed by atoms with E-state index in [-0.39, 0.29) is 17.9 Å². The Morgan fingerprint density at radius 2 is 1.34 bits per heavy atom. The molecule has 342 valence electrons. The summed E-state index contributed by atoms with van der Waals surface area (Å²) >= 11 is 6.26. The van der Waals surface area contributed by atoms with E-state index in [4.69, 9.17) is 25.9 Å². The number of halogens is 3.